The molecule has 0 aliphatic heterocycles. The van der Waals surface area contributed by atoms with E-state index in [-0.39, 0.29) is 0 Å². The standard InChI is InChI=1S/C22H30N6S/c1-16-12-17(2)14-19(13-16)7-9-23-22(24-10-8-20-6-5-11-29-20)25-15-21-27-26-18(3)28(21)4/h5-6,11-14H,7-10,15H2,1-4H3,(H2,23,24,25). The minimum Gasteiger partial charge on any atom is -0.356 e. The molecule has 0 fully saturated rings. The Balaban J connectivity index is 1.59. The molecule has 3 aromatic rings. The van der Waals surface area contributed by atoms with E-state index in [9.17, 15) is 0 Å². The minimum atomic E-state index is 0.495. The Bertz CT molecular complexity index is 922. The van der Waals surface area contributed by atoms with Crippen molar-refractivity contribution in [1.82, 2.24) is 25.4 Å². The average molecular weight is 411 g/mol. The number of rotatable bonds is 8. The van der Waals surface area contributed by atoms with Crippen molar-refractivity contribution < 1.29 is 0 Å². The van der Waals surface area contributed by atoms with E-state index >= 15 is 0 Å². The van der Waals surface area contributed by atoms with Crippen molar-refractivity contribution in [2.24, 2.45) is 12.0 Å². The fraction of sp³-hybridized carbons (Fsp3) is 0.409. The van der Waals surface area contributed by atoms with Crippen LogP contribution in [0.3, 0.4) is 0 Å². The zero-order valence-electron chi connectivity index (χ0n) is 17.7. The van der Waals surface area contributed by atoms with Gasteiger partial charge in [-0.3, -0.25) is 0 Å². The maximum atomic E-state index is 4.73. The molecule has 0 aliphatic carbocycles. The SMILES string of the molecule is Cc1cc(C)cc(CCNC(=NCc2nnc(C)n2C)NCCc2cccs2)c1. The minimum absolute atomic E-state index is 0.495. The lowest BCUT2D eigenvalue weighted by Crippen LogP contribution is -2.39. The number of nitrogens with one attached hydrogen (secondary N) is 2. The average Bonchev–Trinajstić information content (AvgIpc) is 3.30. The highest BCUT2D eigenvalue weighted by Gasteiger charge is 2.06. The number of thiophene rings is 1. The van der Waals surface area contributed by atoms with Crippen LogP contribution in [-0.4, -0.2) is 33.8 Å². The number of aromatic nitrogens is 3. The first-order chi connectivity index (χ1) is 14.0. The molecule has 154 valence electrons. The van der Waals surface area contributed by atoms with E-state index in [0.717, 1.165) is 43.5 Å². The van der Waals surface area contributed by atoms with Crippen LogP contribution in [0, 0.1) is 20.8 Å². The zero-order chi connectivity index (χ0) is 20.6. The second-order valence-electron chi connectivity index (χ2n) is 7.32. The second kappa shape index (κ2) is 10.2. The van der Waals surface area contributed by atoms with Crippen molar-refractivity contribution >= 4 is 17.3 Å². The van der Waals surface area contributed by atoms with E-state index in [1.807, 2.05) is 18.5 Å². The van der Waals surface area contributed by atoms with Crippen LogP contribution in [0.4, 0.5) is 0 Å². The van der Waals surface area contributed by atoms with Crippen molar-refractivity contribution in [2.75, 3.05) is 13.1 Å². The monoisotopic (exact) mass is 410 g/mol. The van der Waals surface area contributed by atoms with E-state index in [0.29, 0.717) is 6.54 Å². The third-order valence-corrected chi connectivity index (χ3v) is 5.73. The van der Waals surface area contributed by atoms with Crippen LogP contribution in [0.15, 0.2) is 40.7 Å². The van der Waals surface area contributed by atoms with Gasteiger partial charge in [-0.2, -0.15) is 0 Å². The quantitative estimate of drug-likeness (QED) is 0.442. The number of hydrogen-bond acceptors (Lipinski definition) is 4. The Hall–Kier alpha value is -2.67. The van der Waals surface area contributed by atoms with Crippen molar-refractivity contribution in [1.29, 1.82) is 0 Å². The van der Waals surface area contributed by atoms with Crippen LogP contribution in [0.5, 0.6) is 0 Å². The van der Waals surface area contributed by atoms with Gasteiger partial charge in [0.2, 0.25) is 0 Å². The van der Waals surface area contributed by atoms with Gasteiger partial charge in [0.25, 0.3) is 0 Å². The summed E-state index contributed by atoms with van der Waals surface area (Å²) >= 11 is 1.79. The van der Waals surface area contributed by atoms with E-state index in [1.165, 1.54) is 21.6 Å². The summed E-state index contributed by atoms with van der Waals surface area (Å²) in [5.74, 6) is 2.56. The molecule has 0 amide bonds. The van der Waals surface area contributed by atoms with Gasteiger partial charge in [-0.1, -0.05) is 35.4 Å². The number of nitrogens with zero attached hydrogens (tertiary/aromatic N) is 4. The Labute approximate surface area is 177 Å². The van der Waals surface area contributed by atoms with Crippen LogP contribution in [0.1, 0.15) is 33.2 Å². The van der Waals surface area contributed by atoms with Crippen molar-refractivity contribution in [2.45, 2.75) is 40.2 Å². The van der Waals surface area contributed by atoms with Gasteiger partial charge in [-0.15, -0.1) is 21.5 Å². The predicted octanol–water partition coefficient (Wildman–Crippen LogP) is 3.32. The molecule has 7 heteroatoms. The fourth-order valence-electron chi connectivity index (χ4n) is 3.21. The molecule has 6 nitrogen and oxygen atoms in total. The van der Waals surface area contributed by atoms with Crippen LogP contribution in [0.25, 0.3) is 0 Å². The van der Waals surface area contributed by atoms with E-state index in [4.69, 9.17) is 4.99 Å². The molecule has 0 spiro atoms. The highest BCUT2D eigenvalue weighted by molar-refractivity contribution is 7.09. The number of aryl methyl sites for hydroxylation is 3. The summed E-state index contributed by atoms with van der Waals surface area (Å²) in [5, 5.41) is 17.4. The van der Waals surface area contributed by atoms with Gasteiger partial charge in [0.1, 0.15) is 12.4 Å². The summed E-state index contributed by atoms with van der Waals surface area (Å²) in [6.07, 6.45) is 1.94. The van der Waals surface area contributed by atoms with Crippen LogP contribution < -0.4 is 10.6 Å². The first-order valence-corrected chi connectivity index (χ1v) is 10.9. The number of hydrogen-bond donors (Lipinski definition) is 2. The van der Waals surface area contributed by atoms with Crippen molar-refractivity contribution in [3.8, 4) is 0 Å². The van der Waals surface area contributed by atoms with Gasteiger partial charge in [0.15, 0.2) is 11.8 Å². The van der Waals surface area contributed by atoms with E-state index in [2.05, 4.69) is 70.4 Å². The molecule has 29 heavy (non-hydrogen) atoms. The lowest BCUT2D eigenvalue weighted by molar-refractivity contribution is 0.746. The Kier molecular flexibility index (Phi) is 7.41. The third-order valence-electron chi connectivity index (χ3n) is 4.79. The number of guanidine groups is 1. The highest BCUT2D eigenvalue weighted by Crippen LogP contribution is 2.09. The molecule has 0 unspecified atom stereocenters. The van der Waals surface area contributed by atoms with Gasteiger partial charge in [0.05, 0.1) is 0 Å². The van der Waals surface area contributed by atoms with Crippen molar-refractivity contribution in [3.63, 3.8) is 0 Å². The number of aliphatic imine (C=N–C) groups is 1. The summed E-state index contributed by atoms with van der Waals surface area (Å²) in [7, 11) is 1.97. The number of benzene rings is 1. The maximum absolute atomic E-state index is 4.73. The van der Waals surface area contributed by atoms with Crippen molar-refractivity contribution in [3.05, 3.63) is 68.9 Å². The van der Waals surface area contributed by atoms with Gasteiger partial charge >= 0.3 is 0 Å². The molecule has 2 N–H and O–H groups in total. The summed E-state index contributed by atoms with van der Waals surface area (Å²) in [6, 6.07) is 11.0. The topological polar surface area (TPSA) is 67.1 Å². The van der Waals surface area contributed by atoms with E-state index < -0.39 is 0 Å². The van der Waals surface area contributed by atoms with E-state index in [1.54, 1.807) is 11.3 Å². The molecule has 2 heterocycles. The molecule has 3 rings (SSSR count). The van der Waals surface area contributed by atoms with Crippen LogP contribution >= 0.6 is 11.3 Å². The fourth-order valence-corrected chi connectivity index (χ4v) is 3.92. The zero-order valence-corrected chi connectivity index (χ0v) is 18.5. The molecule has 0 radical (unpaired) electrons. The predicted molar refractivity (Wildman–Crippen MR) is 121 cm³/mol. The Morgan fingerprint density at radius 2 is 1.76 bits per heavy atom. The second-order valence-corrected chi connectivity index (χ2v) is 8.35. The maximum Gasteiger partial charge on any atom is 0.191 e. The highest BCUT2D eigenvalue weighted by atomic mass is 32.1. The summed E-state index contributed by atoms with van der Waals surface area (Å²) in [6.45, 7) is 8.40. The lowest BCUT2D eigenvalue weighted by atomic mass is 10.1. The molecular formula is C22H30N6S. The first-order valence-electron chi connectivity index (χ1n) is 9.98. The molecule has 0 saturated heterocycles. The van der Waals surface area contributed by atoms with Crippen LogP contribution in [-0.2, 0) is 26.4 Å². The Morgan fingerprint density at radius 3 is 2.38 bits per heavy atom. The smallest absolute Gasteiger partial charge is 0.191 e. The normalized spacial score (nSPS) is 11.7. The first kappa shape index (κ1) is 21.0. The van der Waals surface area contributed by atoms with Gasteiger partial charge in [-0.25, -0.2) is 4.99 Å². The molecular weight excluding hydrogens is 380 g/mol. The molecule has 2 aromatic heterocycles. The molecule has 0 atom stereocenters. The largest absolute Gasteiger partial charge is 0.356 e. The van der Waals surface area contributed by atoms with Gasteiger partial charge in [-0.05, 0) is 50.6 Å². The third kappa shape index (κ3) is 6.42. The molecule has 0 aliphatic rings. The van der Waals surface area contributed by atoms with Crippen LogP contribution in [0.2, 0.25) is 0 Å². The summed E-state index contributed by atoms with van der Waals surface area (Å²) in [4.78, 5) is 6.10. The molecule has 0 bridgehead atoms. The molecule has 0 saturated carbocycles. The lowest BCUT2D eigenvalue weighted by Gasteiger charge is -2.13. The molecule has 1 aromatic carbocycles. The van der Waals surface area contributed by atoms with Gasteiger partial charge < -0.3 is 15.2 Å². The summed E-state index contributed by atoms with van der Waals surface area (Å²) < 4.78 is 1.97. The van der Waals surface area contributed by atoms with Gasteiger partial charge in [0, 0.05) is 25.0 Å². The summed E-state index contributed by atoms with van der Waals surface area (Å²) in [5.41, 5.74) is 3.96. The Morgan fingerprint density at radius 1 is 1.03 bits per heavy atom.